The number of aliphatic hydroxyl groups excluding tert-OH is 1. The Balaban J connectivity index is 3.75. The molecule has 0 aromatic heterocycles. The number of rotatable bonds is 5. The summed E-state index contributed by atoms with van der Waals surface area (Å²) < 4.78 is 12.5. The zero-order chi connectivity index (χ0) is 9.56. The summed E-state index contributed by atoms with van der Waals surface area (Å²) in [7, 11) is 0. The van der Waals surface area contributed by atoms with Crippen molar-refractivity contribution in [3.8, 4) is 0 Å². The lowest BCUT2D eigenvalue weighted by atomic mass is 10.2. The van der Waals surface area contributed by atoms with Crippen molar-refractivity contribution >= 4 is 5.97 Å². The minimum Gasteiger partial charge on any atom is -0.479 e. The summed E-state index contributed by atoms with van der Waals surface area (Å²) in [6, 6.07) is 0. The maximum atomic E-state index is 12.5. The standard InChI is InChI=1S/C5H8FN3O3/c6-3(2-8-9-7)1-4(10)5(11)12/h3-4,10H,1-2H2,(H,11,12)/t3-,4-/m0/s1. The highest BCUT2D eigenvalue weighted by atomic mass is 19.1. The average molecular weight is 177 g/mol. The Labute approximate surface area is 67.2 Å². The molecular weight excluding hydrogens is 169 g/mol. The largest absolute Gasteiger partial charge is 0.479 e. The van der Waals surface area contributed by atoms with Crippen LogP contribution >= 0.6 is 0 Å². The van der Waals surface area contributed by atoms with Gasteiger partial charge in [0.25, 0.3) is 0 Å². The first-order valence-electron chi connectivity index (χ1n) is 3.13. The predicted octanol–water partition coefficient (Wildman–Crippen LogP) is 0.470. The zero-order valence-electron chi connectivity index (χ0n) is 6.09. The van der Waals surface area contributed by atoms with Crippen molar-refractivity contribution in [1.82, 2.24) is 0 Å². The number of azide groups is 1. The van der Waals surface area contributed by atoms with Crippen LogP contribution in [0.4, 0.5) is 4.39 Å². The Morgan fingerprint density at radius 1 is 1.75 bits per heavy atom. The average Bonchev–Trinajstić information content (AvgIpc) is 2.00. The Hall–Kier alpha value is -1.33. The van der Waals surface area contributed by atoms with Crippen LogP contribution in [0, 0.1) is 0 Å². The number of halogens is 1. The molecule has 2 atom stereocenters. The lowest BCUT2D eigenvalue weighted by molar-refractivity contribution is -0.147. The van der Waals surface area contributed by atoms with E-state index in [4.69, 9.17) is 15.7 Å². The number of alkyl halides is 1. The van der Waals surface area contributed by atoms with Crippen LogP contribution in [0.1, 0.15) is 6.42 Å². The molecule has 0 aromatic rings. The Morgan fingerprint density at radius 3 is 2.75 bits per heavy atom. The van der Waals surface area contributed by atoms with Crippen molar-refractivity contribution in [3.05, 3.63) is 10.4 Å². The molecule has 68 valence electrons. The molecule has 0 aliphatic rings. The van der Waals surface area contributed by atoms with E-state index in [1.807, 2.05) is 0 Å². The van der Waals surface area contributed by atoms with Gasteiger partial charge in [-0.15, -0.1) is 0 Å². The van der Waals surface area contributed by atoms with Gasteiger partial charge in [-0.3, -0.25) is 0 Å². The van der Waals surface area contributed by atoms with Crippen molar-refractivity contribution in [2.24, 2.45) is 5.11 Å². The van der Waals surface area contributed by atoms with Gasteiger partial charge in [0.2, 0.25) is 0 Å². The molecule has 12 heavy (non-hydrogen) atoms. The first-order valence-corrected chi connectivity index (χ1v) is 3.13. The summed E-state index contributed by atoms with van der Waals surface area (Å²) in [5.41, 5.74) is 7.77. The van der Waals surface area contributed by atoms with E-state index in [9.17, 15) is 9.18 Å². The highest BCUT2D eigenvalue weighted by Gasteiger charge is 2.18. The maximum absolute atomic E-state index is 12.5. The van der Waals surface area contributed by atoms with E-state index in [0.717, 1.165) is 0 Å². The Bertz CT molecular complexity index is 204. The minimum atomic E-state index is -1.74. The van der Waals surface area contributed by atoms with Crippen LogP contribution in [0.2, 0.25) is 0 Å². The highest BCUT2D eigenvalue weighted by molar-refractivity contribution is 5.71. The normalized spacial score (nSPS) is 14.5. The number of carboxylic acids is 1. The third-order valence-corrected chi connectivity index (χ3v) is 1.11. The molecule has 0 rings (SSSR count). The Kier molecular flexibility index (Phi) is 4.75. The quantitative estimate of drug-likeness (QED) is 0.362. The summed E-state index contributed by atoms with van der Waals surface area (Å²) in [4.78, 5) is 12.3. The lowest BCUT2D eigenvalue weighted by Gasteiger charge is -2.06. The van der Waals surface area contributed by atoms with Gasteiger partial charge in [-0.25, -0.2) is 9.18 Å². The molecule has 0 spiro atoms. The molecular formula is C5H8FN3O3. The van der Waals surface area contributed by atoms with E-state index in [1.165, 1.54) is 0 Å². The molecule has 0 saturated heterocycles. The second kappa shape index (κ2) is 5.34. The molecule has 0 aliphatic heterocycles. The van der Waals surface area contributed by atoms with E-state index < -0.39 is 31.2 Å². The monoisotopic (exact) mass is 177 g/mol. The number of carboxylic acid groups (broad SMARTS) is 1. The SMILES string of the molecule is [N-]=[N+]=NC[C@@H](F)C[C@H](O)C(=O)O. The topological polar surface area (TPSA) is 106 Å². The molecule has 0 heterocycles. The molecule has 0 aliphatic carbocycles. The Morgan fingerprint density at radius 2 is 2.33 bits per heavy atom. The molecule has 0 bridgehead atoms. The van der Waals surface area contributed by atoms with Gasteiger partial charge in [-0.2, -0.15) is 0 Å². The molecule has 6 nitrogen and oxygen atoms in total. The third-order valence-electron chi connectivity index (χ3n) is 1.11. The van der Waals surface area contributed by atoms with Gasteiger partial charge in [-0.05, 0) is 5.53 Å². The van der Waals surface area contributed by atoms with Gasteiger partial charge < -0.3 is 10.2 Å². The van der Waals surface area contributed by atoms with Crippen LogP contribution in [0.3, 0.4) is 0 Å². The number of aliphatic carboxylic acids is 1. The van der Waals surface area contributed by atoms with E-state index in [0.29, 0.717) is 0 Å². The van der Waals surface area contributed by atoms with E-state index in [-0.39, 0.29) is 0 Å². The van der Waals surface area contributed by atoms with E-state index in [2.05, 4.69) is 10.0 Å². The molecule has 0 saturated carbocycles. The summed E-state index contributed by atoms with van der Waals surface area (Å²) in [5, 5.41) is 19.6. The first-order chi connectivity index (χ1) is 5.57. The van der Waals surface area contributed by atoms with Gasteiger partial charge >= 0.3 is 5.97 Å². The van der Waals surface area contributed by atoms with Gasteiger partial charge in [0.15, 0.2) is 6.10 Å². The lowest BCUT2D eigenvalue weighted by Crippen LogP contribution is -2.24. The number of aliphatic hydroxyl groups is 1. The first kappa shape index (κ1) is 10.7. The second-order valence-corrected chi connectivity index (χ2v) is 2.10. The second-order valence-electron chi connectivity index (χ2n) is 2.10. The summed E-state index contributed by atoms with van der Waals surface area (Å²) in [6.07, 6.45) is -3.92. The van der Waals surface area contributed by atoms with Gasteiger partial charge in [-0.1, -0.05) is 5.11 Å². The van der Waals surface area contributed by atoms with Gasteiger partial charge in [0, 0.05) is 11.3 Å². The van der Waals surface area contributed by atoms with Crippen molar-refractivity contribution in [3.63, 3.8) is 0 Å². The van der Waals surface area contributed by atoms with Crippen molar-refractivity contribution < 1.29 is 19.4 Å². The number of nitrogens with zero attached hydrogens (tertiary/aromatic N) is 3. The van der Waals surface area contributed by atoms with Crippen molar-refractivity contribution in [2.75, 3.05) is 6.54 Å². The number of hydrogen-bond acceptors (Lipinski definition) is 3. The minimum absolute atomic E-state index is 0.458. The van der Waals surface area contributed by atoms with Gasteiger partial charge in [0.05, 0.1) is 6.54 Å². The molecule has 0 amide bonds. The molecule has 0 fully saturated rings. The van der Waals surface area contributed by atoms with Crippen LogP contribution < -0.4 is 0 Å². The molecule has 0 unspecified atom stereocenters. The summed E-state index contributed by atoms with van der Waals surface area (Å²) in [6.45, 7) is -0.458. The molecule has 2 N–H and O–H groups in total. The smallest absolute Gasteiger partial charge is 0.332 e. The van der Waals surface area contributed by atoms with Gasteiger partial charge in [0.1, 0.15) is 6.17 Å². The fourth-order valence-electron chi connectivity index (χ4n) is 0.543. The van der Waals surface area contributed by atoms with Crippen LogP contribution in [0.25, 0.3) is 10.4 Å². The van der Waals surface area contributed by atoms with Crippen LogP contribution in [-0.2, 0) is 4.79 Å². The highest BCUT2D eigenvalue weighted by Crippen LogP contribution is 2.03. The maximum Gasteiger partial charge on any atom is 0.332 e. The fraction of sp³-hybridized carbons (Fsp3) is 0.800. The van der Waals surface area contributed by atoms with Crippen LogP contribution in [-0.4, -0.2) is 35.0 Å². The zero-order valence-corrected chi connectivity index (χ0v) is 6.09. The summed E-state index contributed by atoms with van der Waals surface area (Å²) in [5.74, 6) is -1.49. The van der Waals surface area contributed by atoms with Crippen LogP contribution in [0.5, 0.6) is 0 Å². The summed E-state index contributed by atoms with van der Waals surface area (Å²) >= 11 is 0. The number of carbonyl (C=O) groups is 1. The third kappa shape index (κ3) is 4.48. The van der Waals surface area contributed by atoms with E-state index >= 15 is 0 Å². The fourth-order valence-corrected chi connectivity index (χ4v) is 0.543. The molecule has 7 heteroatoms. The molecule has 0 radical (unpaired) electrons. The van der Waals surface area contributed by atoms with Crippen LogP contribution in [0.15, 0.2) is 5.11 Å². The predicted molar refractivity (Wildman–Crippen MR) is 37.2 cm³/mol. The van der Waals surface area contributed by atoms with Crippen molar-refractivity contribution in [2.45, 2.75) is 18.7 Å². The number of hydrogen-bond donors (Lipinski definition) is 2. The molecule has 0 aromatic carbocycles. The van der Waals surface area contributed by atoms with Crippen molar-refractivity contribution in [1.29, 1.82) is 0 Å². The van der Waals surface area contributed by atoms with E-state index in [1.54, 1.807) is 0 Å².